The molecule has 1 saturated carbocycles. The molecule has 1 atom stereocenters. The molecule has 4 heteroatoms. The van der Waals surface area contributed by atoms with E-state index in [0.29, 0.717) is 5.41 Å². The summed E-state index contributed by atoms with van der Waals surface area (Å²) in [5, 5.41) is 4.79. The van der Waals surface area contributed by atoms with Crippen LogP contribution in [0.3, 0.4) is 0 Å². The highest BCUT2D eigenvalue weighted by molar-refractivity contribution is 8.13. The zero-order valence-corrected chi connectivity index (χ0v) is 12.0. The van der Waals surface area contributed by atoms with E-state index in [-0.39, 0.29) is 0 Å². The minimum Gasteiger partial charge on any atom is -0.365 e. The molecule has 1 spiro atoms. The van der Waals surface area contributed by atoms with E-state index in [4.69, 9.17) is 4.99 Å². The van der Waals surface area contributed by atoms with Gasteiger partial charge in [-0.1, -0.05) is 24.6 Å². The number of thioether (sulfide) groups is 2. The summed E-state index contributed by atoms with van der Waals surface area (Å²) in [5.41, 5.74) is 0.582. The van der Waals surface area contributed by atoms with Crippen molar-refractivity contribution in [3.05, 3.63) is 0 Å². The van der Waals surface area contributed by atoms with Crippen LogP contribution in [0.4, 0.5) is 0 Å². The first kappa shape index (κ1) is 12.2. The average Bonchev–Trinajstić information content (AvgIpc) is 3.01. The van der Waals surface area contributed by atoms with Gasteiger partial charge in [-0.2, -0.15) is 11.8 Å². The van der Waals surface area contributed by atoms with Crippen LogP contribution in [0.2, 0.25) is 0 Å². The molecule has 17 heavy (non-hydrogen) atoms. The van der Waals surface area contributed by atoms with Crippen molar-refractivity contribution in [2.45, 2.75) is 32.1 Å². The Bertz CT molecular complexity index is 292. The van der Waals surface area contributed by atoms with Gasteiger partial charge >= 0.3 is 0 Å². The van der Waals surface area contributed by atoms with E-state index in [1.54, 1.807) is 0 Å². The van der Waals surface area contributed by atoms with Crippen LogP contribution in [0.5, 0.6) is 0 Å². The lowest BCUT2D eigenvalue weighted by Gasteiger charge is -2.31. The van der Waals surface area contributed by atoms with Crippen LogP contribution in [0, 0.1) is 11.3 Å². The first-order valence-electron chi connectivity index (χ1n) is 6.85. The first-order valence-corrected chi connectivity index (χ1v) is 8.99. The quantitative estimate of drug-likeness (QED) is 0.835. The van der Waals surface area contributed by atoms with Crippen molar-refractivity contribution >= 4 is 28.7 Å². The molecule has 0 radical (unpaired) electrons. The minimum absolute atomic E-state index is 0.582. The molecule has 2 nitrogen and oxygen atoms in total. The third kappa shape index (κ3) is 2.95. The van der Waals surface area contributed by atoms with Crippen LogP contribution < -0.4 is 5.32 Å². The van der Waals surface area contributed by atoms with E-state index in [2.05, 4.69) is 17.1 Å². The van der Waals surface area contributed by atoms with Gasteiger partial charge < -0.3 is 5.32 Å². The highest BCUT2D eigenvalue weighted by atomic mass is 32.2. The molecule has 1 N–H and O–H groups in total. The lowest BCUT2D eigenvalue weighted by molar-refractivity contribution is 0.358. The SMILES string of the molecule is C1CCC2(C1)CN=C(NCC1CCSC1)SC2. The normalized spacial score (nSPS) is 31.8. The second-order valence-electron chi connectivity index (χ2n) is 5.73. The van der Waals surface area contributed by atoms with Crippen molar-refractivity contribution in [3.8, 4) is 0 Å². The summed E-state index contributed by atoms with van der Waals surface area (Å²) in [6.45, 7) is 2.23. The Kier molecular flexibility index (Phi) is 3.90. The molecule has 1 aliphatic carbocycles. The molecule has 2 aliphatic heterocycles. The standard InChI is InChI=1S/C13H22N2S2/c1-2-5-13(4-1)9-15-12(17-10-13)14-7-11-3-6-16-8-11/h11H,1-10H2,(H,14,15). The van der Waals surface area contributed by atoms with Crippen LogP contribution in [-0.2, 0) is 0 Å². The second-order valence-corrected chi connectivity index (χ2v) is 7.84. The van der Waals surface area contributed by atoms with Crippen molar-refractivity contribution in [1.82, 2.24) is 5.32 Å². The summed E-state index contributed by atoms with van der Waals surface area (Å²) in [7, 11) is 0. The maximum atomic E-state index is 4.79. The number of nitrogens with zero attached hydrogens (tertiary/aromatic N) is 1. The maximum absolute atomic E-state index is 4.79. The molecule has 1 unspecified atom stereocenters. The topological polar surface area (TPSA) is 24.4 Å². The summed E-state index contributed by atoms with van der Waals surface area (Å²) >= 11 is 4.07. The highest BCUT2D eigenvalue weighted by Crippen LogP contribution is 2.43. The molecular weight excluding hydrogens is 248 g/mol. The average molecular weight is 270 g/mol. The van der Waals surface area contributed by atoms with E-state index in [0.717, 1.165) is 19.0 Å². The van der Waals surface area contributed by atoms with Crippen LogP contribution in [-0.4, -0.2) is 35.5 Å². The van der Waals surface area contributed by atoms with Crippen molar-refractivity contribution in [1.29, 1.82) is 0 Å². The Labute approximate surface area is 113 Å². The first-order chi connectivity index (χ1) is 8.36. The molecular formula is C13H22N2S2. The molecule has 2 fully saturated rings. The molecule has 0 bridgehead atoms. The fourth-order valence-electron chi connectivity index (χ4n) is 3.06. The fourth-order valence-corrected chi connectivity index (χ4v) is 5.51. The molecule has 2 heterocycles. The monoisotopic (exact) mass is 270 g/mol. The van der Waals surface area contributed by atoms with Crippen molar-refractivity contribution in [2.75, 3.05) is 30.3 Å². The Morgan fingerprint density at radius 1 is 1.35 bits per heavy atom. The van der Waals surface area contributed by atoms with E-state index in [1.807, 2.05) is 11.8 Å². The predicted octanol–water partition coefficient (Wildman–Crippen LogP) is 2.99. The number of aliphatic imine (C=N–C) groups is 1. The highest BCUT2D eigenvalue weighted by Gasteiger charge is 2.36. The van der Waals surface area contributed by atoms with Crippen molar-refractivity contribution < 1.29 is 0 Å². The molecule has 96 valence electrons. The van der Waals surface area contributed by atoms with Gasteiger partial charge in [-0.15, -0.1) is 0 Å². The lowest BCUT2D eigenvalue weighted by Crippen LogP contribution is -2.35. The van der Waals surface area contributed by atoms with Gasteiger partial charge in [0.25, 0.3) is 0 Å². The Morgan fingerprint density at radius 2 is 2.24 bits per heavy atom. The summed E-state index contributed by atoms with van der Waals surface area (Å²) < 4.78 is 0. The second kappa shape index (κ2) is 5.43. The van der Waals surface area contributed by atoms with Gasteiger partial charge in [0.05, 0.1) is 0 Å². The van der Waals surface area contributed by atoms with E-state index >= 15 is 0 Å². The molecule has 0 amide bonds. The number of nitrogens with one attached hydrogen (secondary N) is 1. The largest absolute Gasteiger partial charge is 0.365 e. The Morgan fingerprint density at radius 3 is 2.88 bits per heavy atom. The number of hydrogen-bond acceptors (Lipinski definition) is 4. The fraction of sp³-hybridized carbons (Fsp3) is 0.923. The third-order valence-corrected chi connectivity index (χ3v) is 6.84. The van der Waals surface area contributed by atoms with Crippen molar-refractivity contribution in [2.24, 2.45) is 16.3 Å². The van der Waals surface area contributed by atoms with Crippen LogP contribution in [0.25, 0.3) is 0 Å². The maximum Gasteiger partial charge on any atom is 0.156 e. The smallest absolute Gasteiger partial charge is 0.156 e. The molecule has 0 aromatic carbocycles. The van der Waals surface area contributed by atoms with Gasteiger partial charge in [0, 0.05) is 18.8 Å². The van der Waals surface area contributed by atoms with E-state index in [9.17, 15) is 0 Å². The van der Waals surface area contributed by atoms with E-state index < -0.39 is 0 Å². The number of rotatable bonds is 2. The summed E-state index contributed by atoms with van der Waals surface area (Å²) in [6, 6.07) is 0. The van der Waals surface area contributed by atoms with Gasteiger partial charge in [-0.3, -0.25) is 4.99 Å². The number of amidine groups is 1. The lowest BCUT2D eigenvalue weighted by atomic mass is 9.89. The van der Waals surface area contributed by atoms with Crippen LogP contribution in [0.15, 0.2) is 4.99 Å². The molecule has 0 aromatic heterocycles. The minimum atomic E-state index is 0.582. The Hall–Kier alpha value is 0.170. The molecule has 0 aromatic rings. The zero-order chi connectivity index (χ0) is 11.6. The Balaban J connectivity index is 1.47. The van der Waals surface area contributed by atoms with Gasteiger partial charge in [0.15, 0.2) is 5.17 Å². The van der Waals surface area contributed by atoms with Crippen molar-refractivity contribution in [3.63, 3.8) is 0 Å². The van der Waals surface area contributed by atoms with Gasteiger partial charge in [-0.25, -0.2) is 0 Å². The summed E-state index contributed by atoms with van der Waals surface area (Å²) in [5.74, 6) is 4.88. The summed E-state index contributed by atoms with van der Waals surface area (Å²) in [4.78, 5) is 4.79. The summed E-state index contributed by atoms with van der Waals surface area (Å²) in [6.07, 6.45) is 7.07. The zero-order valence-electron chi connectivity index (χ0n) is 10.4. The van der Waals surface area contributed by atoms with Gasteiger partial charge in [0.1, 0.15) is 0 Å². The van der Waals surface area contributed by atoms with Gasteiger partial charge in [0.2, 0.25) is 0 Å². The van der Waals surface area contributed by atoms with E-state index in [1.165, 1.54) is 54.5 Å². The molecule has 3 rings (SSSR count). The van der Waals surface area contributed by atoms with Crippen LogP contribution >= 0.6 is 23.5 Å². The van der Waals surface area contributed by atoms with Gasteiger partial charge in [-0.05, 0) is 42.1 Å². The molecule has 3 aliphatic rings. The van der Waals surface area contributed by atoms with Crippen LogP contribution in [0.1, 0.15) is 32.1 Å². The predicted molar refractivity (Wildman–Crippen MR) is 79.1 cm³/mol. The third-order valence-electron chi connectivity index (χ3n) is 4.30. The number of hydrogen-bond donors (Lipinski definition) is 1. The molecule has 1 saturated heterocycles.